The van der Waals surface area contributed by atoms with Crippen molar-refractivity contribution in [3.63, 3.8) is 0 Å². The number of hydrogen-bond acceptors (Lipinski definition) is 2. The number of benzene rings is 1. The van der Waals surface area contributed by atoms with Gasteiger partial charge in [-0.2, -0.15) is 0 Å². The molecule has 0 spiro atoms. The average Bonchev–Trinajstić information content (AvgIpc) is 3.02. The Kier molecular flexibility index (Phi) is 2.63. The predicted molar refractivity (Wildman–Crippen MR) is 66.3 cm³/mol. The van der Waals surface area contributed by atoms with Gasteiger partial charge in [-0.25, -0.2) is 4.98 Å². The molecule has 1 fully saturated rings. The smallest absolute Gasteiger partial charge is 0.307 e. The molecule has 1 N–H and O–H groups in total. The Morgan fingerprint density at radius 1 is 1.39 bits per heavy atom. The molecule has 1 saturated carbocycles. The monoisotopic (exact) mass is 242 g/mol. The van der Waals surface area contributed by atoms with E-state index < -0.39 is 5.97 Å². The molecule has 1 aliphatic carbocycles. The quantitative estimate of drug-likeness (QED) is 0.893. The minimum Gasteiger partial charge on any atom is -0.481 e. The van der Waals surface area contributed by atoms with Crippen LogP contribution in [0.4, 0.5) is 0 Å². The topological polar surface area (TPSA) is 55.1 Å². The van der Waals surface area contributed by atoms with Gasteiger partial charge in [0.2, 0.25) is 0 Å². The van der Waals surface area contributed by atoms with Gasteiger partial charge in [-0.1, -0.05) is 24.3 Å². The van der Waals surface area contributed by atoms with Crippen LogP contribution in [0.5, 0.6) is 0 Å². The summed E-state index contributed by atoms with van der Waals surface area (Å²) in [4.78, 5) is 14.8. The first-order chi connectivity index (χ1) is 8.74. The molecule has 2 atom stereocenters. The highest BCUT2D eigenvalue weighted by molar-refractivity contribution is 5.75. The van der Waals surface area contributed by atoms with Gasteiger partial charge in [0.15, 0.2) is 0 Å². The van der Waals surface area contributed by atoms with Gasteiger partial charge >= 0.3 is 5.97 Å². The van der Waals surface area contributed by atoms with E-state index in [1.165, 1.54) is 5.56 Å². The van der Waals surface area contributed by atoms with Crippen LogP contribution in [0.25, 0.3) is 0 Å². The van der Waals surface area contributed by atoms with Crippen LogP contribution < -0.4 is 0 Å². The number of carboxylic acids is 1. The van der Waals surface area contributed by atoms with Crippen molar-refractivity contribution >= 4 is 5.97 Å². The molecule has 4 heteroatoms. The Morgan fingerprint density at radius 2 is 2.17 bits per heavy atom. The average molecular weight is 242 g/mol. The van der Waals surface area contributed by atoms with Crippen molar-refractivity contribution < 1.29 is 9.90 Å². The number of nitrogens with zero attached hydrogens (tertiary/aromatic N) is 2. The highest BCUT2D eigenvalue weighted by Gasteiger charge is 2.43. The summed E-state index contributed by atoms with van der Waals surface area (Å²) in [6.07, 6.45) is 6.25. The second-order valence-corrected chi connectivity index (χ2v) is 4.76. The molecule has 1 aliphatic rings. The first kappa shape index (κ1) is 11.0. The van der Waals surface area contributed by atoms with Gasteiger partial charge in [-0.3, -0.25) is 4.79 Å². The zero-order chi connectivity index (χ0) is 12.5. The number of carbonyl (C=O) groups is 1. The maximum Gasteiger partial charge on any atom is 0.307 e. The summed E-state index contributed by atoms with van der Waals surface area (Å²) in [6.45, 7) is 0.799. The zero-order valence-electron chi connectivity index (χ0n) is 9.86. The first-order valence-corrected chi connectivity index (χ1v) is 6.01. The molecule has 0 bridgehead atoms. The summed E-state index contributed by atoms with van der Waals surface area (Å²) in [5.74, 6) is -0.642. The van der Waals surface area contributed by atoms with Gasteiger partial charge in [0.25, 0.3) is 0 Å². The van der Waals surface area contributed by atoms with Crippen LogP contribution in [0.2, 0.25) is 0 Å². The number of aliphatic carboxylic acids is 1. The van der Waals surface area contributed by atoms with Crippen LogP contribution in [-0.4, -0.2) is 20.6 Å². The molecule has 0 aliphatic heterocycles. The summed E-state index contributed by atoms with van der Waals surface area (Å²) in [7, 11) is 0. The molecule has 1 heterocycles. The molecule has 0 amide bonds. The Balaban J connectivity index is 1.68. The summed E-state index contributed by atoms with van der Waals surface area (Å²) in [5, 5.41) is 8.90. The van der Waals surface area contributed by atoms with E-state index in [4.69, 9.17) is 5.11 Å². The number of carboxylic acid groups (broad SMARTS) is 1. The molecule has 3 rings (SSSR count). The summed E-state index contributed by atoms with van der Waals surface area (Å²) in [6, 6.07) is 8.21. The van der Waals surface area contributed by atoms with Crippen LogP contribution in [-0.2, 0) is 11.3 Å². The predicted octanol–water partition coefficient (Wildman–Crippen LogP) is 2.12. The van der Waals surface area contributed by atoms with Crippen LogP contribution >= 0.6 is 0 Å². The SMILES string of the molecule is O=C(O)[C@@H]1C[C@H]1c1ccc(Cn2ccnc2)cc1. The Hall–Kier alpha value is -2.10. The van der Waals surface area contributed by atoms with E-state index >= 15 is 0 Å². The summed E-state index contributed by atoms with van der Waals surface area (Å²) < 4.78 is 2.01. The van der Waals surface area contributed by atoms with Crippen molar-refractivity contribution in [2.24, 2.45) is 5.92 Å². The van der Waals surface area contributed by atoms with E-state index in [0.29, 0.717) is 0 Å². The van der Waals surface area contributed by atoms with Crippen molar-refractivity contribution in [3.05, 3.63) is 54.1 Å². The third-order valence-corrected chi connectivity index (χ3v) is 3.44. The second-order valence-electron chi connectivity index (χ2n) is 4.76. The lowest BCUT2D eigenvalue weighted by Crippen LogP contribution is -1.99. The van der Waals surface area contributed by atoms with Crippen LogP contribution in [0.1, 0.15) is 23.5 Å². The largest absolute Gasteiger partial charge is 0.481 e. The fourth-order valence-corrected chi connectivity index (χ4v) is 2.30. The van der Waals surface area contributed by atoms with Crippen LogP contribution in [0.3, 0.4) is 0 Å². The number of hydrogen-bond donors (Lipinski definition) is 1. The third-order valence-electron chi connectivity index (χ3n) is 3.44. The van der Waals surface area contributed by atoms with Crippen LogP contribution in [0, 0.1) is 5.92 Å². The summed E-state index contributed by atoms with van der Waals surface area (Å²) in [5.41, 5.74) is 2.33. The molecule has 0 radical (unpaired) electrons. The second kappa shape index (κ2) is 4.29. The zero-order valence-corrected chi connectivity index (χ0v) is 9.86. The Morgan fingerprint density at radius 3 is 2.72 bits per heavy atom. The normalized spacial score (nSPS) is 21.8. The van der Waals surface area contributed by atoms with Crippen molar-refractivity contribution in [1.29, 1.82) is 0 Å². The van der Waals surface area contributed by atoms with Crippen molar-refractivity contribution in [3.8, 4) is 0 Å². The van der Waals surface area contributed by atoms with E-state index in [-0.39, 0.29) is 11.8 Å². The lowest BCUT2D eigenvalue weighted by atomic mass is 10.1. The van der Waals surface area contributed by atoms with E-state index in [1.54, 1.807) is 12.5 Å². The van der Waals surface area contributed by atoms with Gasteiger partial charge in [-0.05, 0) is 23.5 Å². The van der Waals surface area contributed by atoms with Gasteiger partial charge in [-0.15, -0.1) is 0 Å². The number of aromatic nitrogens is 2. The molecule has 18 heavy (non-hydrogen) atoms. The molecule has 0 saturated heterocycles. The van der Waals surface area contributed by atoms with Gasteiger partial charge < -0.3 is 9.67 Å². The maximum atomic E-state index is 10.8. The fourth-order valence-electron chi connectivity index (χ4n) is 2.30. The molecule has 1 aromatic carbocycles. The maximum absolute atomic E-state index is 10.8. The molecule has 0 unspecified atom stereocenters. The molecular weight excluding hydrogens is 228 g/mol. The molecule has 92 valence electrons. The minimum atomic E-state index is -0.678. The lowest BCUT2D eigenvalue weighted by molar-refractivity contribution is -0.138. The van der Waals surface area contributed by atoms with Crippen molar-refractivity contribution in [2.45, 2.75) is 18.9 Å². The molecule has 4 nitrogen and oxygen atoms in total. The summed E-state index contributed by atoms with van der Waals surface area (Å²) >= 11 is 0. The highest BCUT2D eigenvalue weighted by atomic mass is 16.4. The standard InChI is InChI=1S/C14H14N2O2/c17-14(18)13-7-12(13)11-3-1-10(2-4-11)8-16-6-5-15-9-16/h1-6,9,12-13H,7-8H2,(H,17,18)/t12-,13+/m0/s1. The Labute approximate surface area is 105 Å². The van der Waals surface area contributed by atoms with E-state index in [2.05, 4.69) is 17.1 Å². The highest BCUT2D eigenvalue weighted by Crippen LogP contribution is 2.47. The first-order valence-electron chi connectivity index (χ1n) is 6.01. The van der Waals surface area contributed by atoms with Crippen LogP contribution in [0.15, 0.2) is 43.0 Å². The van der Waals surface area contributed by atoms with Gasteiger partial charge in [0.05, 0.1) is 12.2 Å². The molecule has 2 aromatic rings. The number of imidazole rings is 1. The van der Waals surface area contributed by atoms with Gasteiger partial charge in [0.1, 0.15) is 0 Å². The van der Waals surface area contributed by atoms with Gasteiger partial charge in [0, 0.05) is 18.9 Å². The van der Waals surface area contributed by atoms with E-state index in [0.717, 1.165) is 18.5 Å². The van der Waals surface area contributed by atoms with E-state index in [1.807, 2.05) is 22.9 Å². The fraction of sp³-hybridized carbons (Fsp3) is 0.286. The number of rotatable bonds is 4. The minimum absolute atomic E-state index is 0.176. The van der Waals surface area contributed by atoms with Crippen molar-refractivity contribution in [2.75, 3.05) is 0 Å². The van der Waals surface area contributed by atoms with E-state index in [9.17, 15) is 4.79 Å². The third kappa shape index (κ3) is 2.14. The molecular formula is C14H14N2O2. The molecule has 1 aromatic heterocycles. The van der Waals surface area contributed by atoms with Crippen molar-refractivity contribution in [1.82, 2.24) is 9.55 Å². The Bertz CT molecular complexity index is 546. The lowest BCUT2D eigenvalue weighted by Gasteiger charge is -2.04.